The second kappa shape index (κ2) is 9.25. The molecular weight excluding hydrogens is 410 g/mol. The lowest BCUT2D eigenvalue weighted by molar-refractivity contribution is 0.428. The van der Waals surface area contributed by atoms with Crippen LogP contribution in [0, 0.1) is 11.6 Å². The Balaban J connectivity index is 1.53. The summed E-state index contributed by atoms with van der Waals surface area (Å²) < 4.78 is 29.4. The third kappa shape index (κ3) is 4.82. The van der Waals surface area contributed by atoms with Gasteiger partial charge in [0.2, 0.25) is 0 Å². The van der Waals surface area contributed by atoms with Gasteiger partial charge in [-0.2, -0.15) is 0 Å². The second-order valence-electron chi connectivity index (χ2n) is 7.69. The van der Waals surface area contributed by atoms with Crippen LogP contribution in [-0.4, -0.2) is 32.0 Å². The molecule has 4 rings (SSSR count). The van der Waals surface area contributed by atoms with Gasteiger partial charge in [0.1, 0.15) is 11.6 Å². The molecule has 2 aromatic carbocycles. The number of halogens is 2. The van der Waals surface area contributed by atoms with Gasteiger partial charge < -0.3 is 11.5 Å². The zero-order valence-electron chi connectivity index (χ0n) is 17.2. The molecule has 0 atom stereocenters. The van der Waals surface area contributed by atoms with E-state index in [1.807, 2.05) is 0 Å². The summed E-state index contributed by atoms with van der Waals surface area (Å²) in [6.45, 7) is 0.142. The van der Waals surface area contributed by atoms with E-state index < -0.39 is 17.2 Å². The van der Waals surface area contributed by atoms with Gasteiger partial charge in [0.05, 0.1) is 11.1 Å². The molecule has 0 saturated heterocycles. The number of hydrogen-bond donors (Lipinski definition) is 2. The molecule has 2 heterocycles. The van der Waals surface area contributed by atoms with E-state index >= 15 is 0 Å². The molecule has 0 aliphatic heterocycles. The van der Waals surface area contributed by atoms with Gasteiger partial charge in [0.15, 0.2) is 11.6 Å². The fraction of sp³-hybridized carbons (Fsp3) is 0.167. The van der Waals surface area contributed by atoms with Gasteiger partial charge in [-0.25, -0.2) is 28.7 Å². The van der Waals surface area contributed by atoms with Crippen molar-refractivity contribution < 1.29 is 8.78 Å². The van der Waals surface area contributed by atoms with Crippen LogP contribution in [0.5, 0.6) is 0 Å². The van der Waals surface area contributed by atoms with E-state index in [0.717, 1.165) is 0 Å². The Labute approximate surface area is 184 Å². The van der Waals surface area contributed by atoms with Crippen molar-refractivity contribution >= 4 is 0 Å². The molecule has 0 bridgehead atoms. The van der Waals surface area contributed by atoms with Crippen LogP contribution in [-0.2, 0) is 12.8 Å². The highest BCUT2D eigenvalue weighted by atomic mass is 19.1. The summed E-state index contributed by atoms with van der Waals surface area (Å²) in [5.74, 6) is -0.252. The molecule has 0 aliphatic carbocycles. The molecule has 0 saturated carbocycles. The van der Waals surface area contributed by atoms with Crippen LogP contribution >= 0.6 is 0 Å². The predicted octanol–water partition coefficient (Wildman–Crippen LogP) is 3.32. The third-order valence-corrected chi connectivity index (χ3v) is 5.20. The summed E-state index contributed by atoms with van der Waals surface area (Å²) in [6.07, 6.45) is 6.88. The maximum atomic E-state index is 14.7. The van der Waals surface area contributed by atoms with Gasteiger partial charge in [-0.1, -0.05) is 12.1 Å². The molecule has 0 fully saturated rings. The van der Waals surface area contributed by atoms with Crippen LogP contribution in [0.1, 0.15) is 11.1 Å². The van der Waals surface area contributed by atoms with E-state index in [1.165, 1.54) is 12.1 Å². The first-order valence-corrected chi connectivity index (χ1v) is 10.1. The van der Waals surface area contributed by atoms with Gasteiger partial charge in [0.25, 0.3) is 0 Å². The monoisotopic (exact) mass is 432 g/mol. The largest absolute Gasteiger partial charge is 0.329 e. The number of hydrogen-bond acceptors (Lipinski definition) is 6. The van der Waals surface area contributed by atoms with Gasteiger partial charge in [-0.05, 0) is 60.4 Å². The molecule has 162 valence electrons. The Morgan fingerprint density at radius 3 is 1.44 bits per heavy atom. The Kier molecular flexibility index (Phi) is 6.25. The van der Waals surface area contributed by atoms with E-state index in [1.54, 1.807) is 61.2 Å². The Bertz CT molecular complexity index is 1110. The molecule has 0 spiro atoms. The van der Waals surface area contributed by atoms with Crippen molar-refractivity contribution in [3.8, 4) is 22.8 Å². The maximum absolute atomic E-state index is 14.7. The van der Waals surface area contributed by atoms with Crippen LogP contribution in [0.15, 0.2) is 73.3 Å². The lowest BCUT2D eigenvalue weighted by Gasteiger charge is -2.28. The highest BCUT2D eigenvalue weighted by Crippen LogP contribution is 2.25. The van der Waals surface area contributed by atoms with Crippen molar-refractivity contribution in [2.75, 3.05) is 6.54 Å². The standard InChI is InChI=1S/C24H22F2N6/c25-20-11-16(3-5-18(20)22-29-7-1-8-30-22)13-24(28,15-27)14-17-4-6-19(21(26)12-17)23-31-9-2-10-32-23/h1-12H,13-15,27-28H2. The van der Waals surface area contributed by atoms with Crippen molar-refractivity contribution in [1.29, 1.82) is 0 Å². The minimum Gasteiger partial charge on any atom is -0.329 e. The van der Waals surface area contributed by atoms with Crippen LogP contribution in [0.4, 0.5) is 8.78 Å². The topological polar surface area (TPSA) is 104 Å². The van der Waals surface area contributed by atoms with Crippen molar-refractivity contribution in [3.05, 3.63) is 96.1 Å². The predicted molar refractivity (Wildman–Crippen MR) is 118 cm³/mol. The van der Waals surface area contributed by atoms with Crippen LogP contribution in [0.25, 0.3) is 22.8 Å². The number of nitrogens with zero attached hydrogens (tertiary/aromatic N) is 4. The number of aromatic nitrogens is 4. The minimum absolute atomic E-state index is 0.142. The summed E-state index contributed by atoms with van der Waals surface area (Å²) in [4.78, 5) is 16.3. The smallest absolute Gasteiger partial charge is 0.162 e. The molecule has 0 aliphatic rings. The van der Waals surface area contributed by atoms with Gasteiger partial charge in [0, 0.05) is 36.9 Å². The highest BCUT2D eigenvalue weighted by molar-refractivity contribution is 5.57. The molecule has 0 radical (unpaired) electrons. The SMILES string of the molecule is NCC(N)(Cc1ccc(-c2ncccn2)c(F)c1)Cc1ccc(-c2ncccn2)c(F)c1. The summed E-state index contributed by atoms with van der Waals surface area (Å²) in [5, 5.41) is 0. The Morgan fingerprint density at radius 1 is 0.688 bits per heavy atom. The van der Waals surface area contributed by atoms with Crippen LogP contribution in [0.2, 0.25) is 0 Å². The van der Waals surface area contributed by atoms with Gasteiger partial charge in [-0.3, -0.25) is 0 Å². The number of rotatable bonds is 7. The van der Waals surface area contributed by atoms with Crippen LogP contribution in [0.3, 0.4) is 0 Å². The molecule has 0 amide bonds. The van der Waals surface area contributed by atoms with Crippen molar-refractivity contribution in [2.24, 2.45) is 11.5 Å². The molecular formula is C24H22F2N6. The second-order valence-corrected chi connectivity index (χ2v) is 7.69. The zero-order valence-corrected chi connectivity index (χ0v) is 17.2. The third-order valence-electron chi connectivity index (χ3n) is 5.20. The first kappa shape index (κ1) is 21.6. The van der Waals surface area contributed by atoms with Crippen molar-refractivity contribution in [2.45, 2.75) is 18.4 Å². The normalized spacial score (nSPS) is 11.5. The number of benzene rings is 2. The Morgan fingerprint density at radius 2 is 1.09 bits per heavy atom. The summed E-state index contributed by atoms with van der Waals surface area (Å²) in [6, 6.07) is 13.0. The Hall–Kier alpha value is -3.62. The number of nitrogens with two attached hydrogens (primary N) is 2. The molecule has 4 aromatic rings. The van der Waals surface area contributed by atoms with Crippen molar-refractivity contribution in [3.63, 3.8) is 0 Å². The lowest BCUT2D eigenvalue weighted by Crippen LogP contribution is -2.50. The summed E-state index contributed by atoms with van der Waals surface area (Å²) in [7, 11) is 0. The molecule has 8 heteroatoms. The average Bonchev–Trinajstić information content (AvgIpc) is 2.80. The quantitative estimate of drug-likeness (QED) is 0.464. The summed E-state index contributed by atoms with van der Waals surface area (Å²) >= 11 is 0. The first-order chi connectivity index (χ1) is 15.5. The fourth-order valence-electron chi connectivity index (χ4n) is 3.60. The van der Waals surface area contributed by atoms with Gasteiger partial charge in [-0.15, -0.1) is 0 Å². The first-order valence-electron chi connectivity index (χ1n) is 10.1. The van der Waals surface area contributed by atoms with Gasteiger partial charge >= 0.3 is 0 Å². The maximum Gasteiger partial charge on any atom is 0.162 e. The van der Waals surface area contributed by atoms with E-state index in [4.69, 9.17) is 11.5 Å². The van der Waals surface area contributed by atoms with E-state index in [9.17, 15) is 8.78 Å². The lowest BCUT2D eigenvalue weighted by atomic mass is 9.85. The summed E-state index contributed by atoms with van der Waals surface area (Å²) in [5.41, 5.74) is 13.6. The highest BCUT2D eigenvalue weighted by Gasteiger charge is 2.25. The average molecular weight is 432 g/mol. The fourth-order valence-corrected chi connectivity index (χ4v) is 3.60. The van der Waals surface area contributed by atoms with Crippen LogP contribution < -0.4 is 11.5 Å². The zero-order chi connectivity index (χ0) is 22.6. The molecule has 6 nitrogen and oxygen atoms in total. The van der Waals surface area contributed by atoms with E-state index in [0.29, 0.717) is 46.7 Å². The van der Waals surface area contributed by atoms with Crippen molar-refractivity contribution in [1.82, 2.24) is 19.9 Å². The molecule has 32 heavy (non-hydrogen) atoms. The molecule has 0 unspecified atom stereocenters. The molecule has 4 N–H and O–H groups in total. The van der Waals surface area contributed by atoms with E-state index in [2.05, 4.69) is 19.9 Å². The minimum atomic E-state index is -0.881. The van der Waals surface area contributed by atoms with E-state index in [-0.39, 0.29) is 6.54 Å². The molecule has 2 aromatic heterocycles.